The fourth-order valence-corrected chi connectivity index (χ4v) is 5.92. The average molecular weight is 495 g/mol. The molecule has 1 aromatic heterocycles. The summed E-state index contributed by atoms with van der Waals surface area (Å²) in [6.45, 7) is 2.55. The molecule has 0 saturated carbocycles. The van der Waals surface area contributed by atoms with Gasteiger partial charge in [0.2, 0.25) is 5.95 Å². The summed E-state index contributed by atoms with van der Waals surface area (Å²) >= 11 is 0. The van der Waals surface area contributed by atoms with Gasteiger partial charge in [-0.15, -0.1) is 0 Å². The standard InChI is InChI=1S/C31H34N4O2/c1-36-28-15-11-23(19-29(28)37-2)27-7-5-6-24-20-32-31(34-30(24)27)33-25-12-8-21-9-13-26(14-10-22(21)18-25)35-16-3-4-17-35/h5-8,11-12,15,18-20,26H,3-4,9-10,13-14,16-17H2,1-2H3,(H,32,33,34)/t26-/m0/s1. The van der Waals surface area contributed by atoms with Crippen molar-refractivity contribution in [2.24, 2.45) is 0 Å². The molecule has 37 heavy (non-hydrogen) atoms. The minimum atomic E-state index is 0.601. The molecule has 1 aliphatic heterocycles. The van der Waals surface area contributed by atoms with Crippen LogP contribution in [0, 0.1) is 0 Å². The van der Waals surface area contributed by atoms with Crippen LogP contribution in [0.3, 0.4) is 0 Å². The molecule has 3 aromatic carbocycles. The number of rotatable bonds is 6. The third-order valence-corrected chi connectivity index (χ3v) is 7.92. The lowest BCUT2D eigenvalue weighted by Crippen LogP contribution is -2.32. The molecule has 1 atom stereocenters. The highest BCUT2D eigenvalue weighted by Crippen LogP contribution is 2.35. The number of methoxy groups -OCH3 is 2. The Morgan fingerprint density at radius 1 is 0.865 bits per heavy atom. The molecule has 6 nitrogen and oxygen atoms in total. The van der Waals surface area contributed by atoms with Crippen molar-refractivity contribution < 1.29 is 9.47 Å². The molecule has 2 heterocycles. The largest absolute Gasteiger partial charge is 0.493 e. The summed E-state index contributed by atoms with van der Waals surface area (Å²) < 4.78 is 10.9. The zero-order chi connectivity index (χ0) is 25.2. The topological polar surface area (TPSA) is 59.5 Å². The van der Waals surface area contributed by atoms with E-state index in [-0.39, 0.29) is 0 Å². The first kappa shape index (κ1) is 23.7. The minimum absolute atomic E-state index is 0.601. The van der Waals surface area contributed by atoms with Gasteiger partial charge in [0.1, 0.15) is 0 Å². The second-order valence-electron chi connectivity index (χ2n) is 10.1. The van der Waals surface area contributed by atoms with Gasteiger partial charge in [-0.1, -0.05) is 30.3 Å². The number of para-hydroxylation sites is 1. The molecule has 1 fully saturated rings. The van der Waals surface area contributed by atoms with E-state index in [1.807, 2.05) is 36.5 Å². The number of anilines is 2. The average Bonchev–Trinajstić information content (AvgIpc) is 3.40. The summed E-state index contributed by atoms with van der Waals surface area (Å²) in [7, 11) is 3.30. The Morgan fingerprint density at radius 3 is 2.49 bits per heavy atom. The normalized spacial score (nSPS) is 17.8. The Kier molecular flexibility index (Phi) is 6.66. The maximum atomic E-state index is 5.53. The molecule has 6 heteroatoms. The van der Waals surface area contributed by atoms with E-state index >= 15 is 0 Å². The van der Waals surface area contributed by atoms with E-state index in [9.17, 15) is 0 Å². The molecular formula is C31H34N4O2. The molecule has 0 amide bonds. The lowest BCUT2D eigenvalue weighted by molar-refractivity contribution is 0.222. The van der Waals surface area contributed by atoms with Crippen LogP contribution in [0.25, 0.3) is 22.0 Å². The number of aromatic nitrogens is 2. The summed E-state index contributed by atoms with van der Waals surface area (Å²) in [5.41, 5.74) is 6.93. The van der Waals surface area contributed by atoms with Crippen LogP contribution in [-0.4, -0.2) is 48.2 Å². The number of nitrogens with zero attached hydrogens (tertiary/aromatic N) is 3. The predicted molar refractivity (Wildman–Crippen MR) is 149 cm³/mol. The molecule has 0 spiro atoms. The third-order valence-electron chi connectivity index (χ3n) is 7.92. The number of hydrogen-bond donors (Lipinski definition) is 1. The Hall–Kier alpha value is -3.64. The highest BCUT2D eigenvalue weighted by atomic mass is 16.5. The summed E-state index contributed by atoms with van der Waals surface area (Å²) in [6, 6.07) is 19.6. The van der Waals surface area contributed by atoms with Crippen molar-refractivity contribution in [1.29, 1.82) is 0 Å². The van der Waals surface area contributed by atoms with Gasteiger partial charge in [0.25, 0.3) is 0 Å². The van der Waals surface area contributed by atoms with E-state index in [2.05, 4.69) is 39.5 Å². The van der Waals surface area contributed by atoms with Crippen molar-refractivity contribution in [1.82, 2.24) is 14.9 Å². The lowest BCUT2D eigenvalue weighted by atomic mass is 10.0. The fraction of sp³-hybridized carbons (Fsp3) is 0.355. The van der Waals surface area contributed by atoms with Crippen molar-refractivity contribution in [3.8, 4) is 22.6 Å². The van der Waals surface area contributed by atoms with Crippen LogP contribution in [0.4, 0.5) is 11.6 Å². The highest BCUT2D eigenvalue weighted by Gasteiger charge is 2.24. The monoisotopic (exact) mass is 494 g/mol. The summed E-state index contributed by atoms with van der Waals surface area (Å²) in [5, 5.41) is 4.47. The number of benzene rings is 3. The molecule has 4 aromatic rings. The van der Waals surface area contributed by atoms with Crippen molar-refractivity contribution in [2.45, 2.75) is 44.6 Å². The van der Waals surface area contributed by atoms with E-state index in [0.29, 0.717) is 17.4 Å². The molecule has 1 N–H and O–H groups in total. The van der Waals surface area contributed by atoms with E-state index in [0.717, 1.165) is 46.6 Å². The van der Waals surface area contributed by atoms with Crippen molar-refractivity contribution in [3.05, 3.63) is 71.9 Å². The number of ether oxygens (including phenoxy) is 2. The number of likely N-dealkylation sites (tertiary alicyclic amines) is 1. The van der Waals surface area contributed by atoms with E-state index in [1.165, 1.54) is 49.9 Å². The Balaban J connectivity index is 1.26. The van der Waals surface area contributed by atoms with E-state index in [1.54, 1.807) is 14.2 Å². The summed E-state index contributed by atoms with van der Waals surface area (Å²) in [6.07, 6.45) is 9.42. The second kappa shape index (κ2) is 10.4. The molecule has 0 unspecified atom stereocenters. The van der Waals surface area contributed by atoms with Crippen LogP contribution >= 0.6 is 0 Å². The molecule has 2 aliphatic rings. The minimum Gasteiger partial charge on any atom is -0.493 e. The van der Waals surface area contributed by atoms with E-state index < -0.39 is 0 Å². The maximum Gasteiger partial charge on any atom is 0.227 e. The molecule has 0 radical (unpaired) electrons. The van der Waals surface area contributed by atoms with Crippen LogP contribution in [0.1, 0.15) is 36.8 Å². The quantitative estimate of drug-likeness (QED) is 0.313. The number of fused-ring (bicyclic) bond motifs is 2. The molecule has 190 valence electrons. The molecule has 1 aliphatic carbocycles. The smallest absolute Gasteiger partial charge is 0.227 e. The van der Waals surface area contributed by atoms with Crippen LogP contribution in [0.2, 0.25) is 0 Å². The van der Waals surface area contributed by atoms with Gasteiger partial charge in [-0.05, 0) is 92.6 Å². The van der Waals surface area contributed by atoms with Gasteiger partial charge in [0.05, 0.1) is 19.7 Å². The van der Waals surface area contributed by atoms with Crippen molar-refractivity contribution in [3.63, 3.8) is 0 Å². The third kappa shape index (κ3) is 4.86. The maximum absolute atomic E-state index is 5.53. The molecule has 6 rings (SSSR count). The fourth-order valence-electron chi connectivity index (χ4n) is 5.92. The lowest BCUT2D eigenvalue weighted by Gasteiger charge is -2.25. The first-order valence-electron chi connectivity index (χ1n) is 13.3. The highest BCUT2D eigenvalue weighted by molar-refractivity contribution is 5.94. The first-order chi connectivity index (χ1) is 18.2. The van der Waals surface area contributed by atoms with Crippen LogP contribution in [-0.2, 0) is 12.8 Å². The zero-order valence-electron chi connectivity index (χ0n) is 21.7. The number of aryl methyl sites for hydroxylation is 2. The molecule has 0 bridgehead atoms. The Morgan fingerprint density at radius 2 is 1.68 bits per heavy atom. The van der Waals surface area contributed by atoms with Crippen LogP contribution in [0.5, 0.6) is 11.5 Å². The SMILES string of the molecule is COc1ccc(-c2cccc3cnc(Nc4ccc5c(c4)CC[C@@H](N4CCCC4)CC5)nc23)cc1OC. The first-order valence-corrected chi connectivity index (χ1v) is 13.3. The Labute approximate surface area is 218 Å². The van der Waals surface area contributed by atoms with Crippen LogP contribution in [0.15, 0.2) is 60.8 Å². The Bertz CT molecular complexity index is 1410. The van der Waals surface area contributed by atoms with Gasteiger partial charge in [-0.3, -0.25) is 0 Å². The van der Waals surface area contributed by atoms with Gasteiger partial charge in [0.15, 0.2) is 11.5 Å². The van der Waals surface area contributed by atoms with Gasteiger partial charge < -0.3 is 19.7 Å². The van der Waals surface area contributed by atoms with Gasteiger partial charge in [-0.25, -0.2) is 9.97 Å². The summed E-state index contributed by atoms with van der Waals surface area (Å²) in [5.74, 6) is 2.00. The number of nitrogens with one attached hydrogen (secondary N) is 1. The van der Waals surface area contributed by atoms with Crippen molar-refractivity contribution >= 4 is 22.5 Å². The molecule has 1 saturated heterocycles. The van der Waals surface area contributed by atoms with Gasteiger partial charge in [0, 0.05) is 28.9 Å². The van der Waals surface area contributed by atoms with Gasteiger partial charge in [-0.2, -0.15) is 0 Å². The van der Waals surface area contributed by atoms with E-state index in [4.69, 9.17) is 14.5 Å². The summed E-state index contributed by atoms with van der Waals surface area (Å²) in [4.78, 5) is 12.3. The molecular weight excluding hydrogens is 460 g/mol. The van der Waals surface area contributed by atoms with Gasteiger partial charge >= 0.3 is 0 Å². The number of hydrogen-bond acceptors (Lipinski definition) is 6. The predicted octanol–water partition coefficient (Wildman–Crippen LogP) is 6.40. The zero-order valence-corrected chi connectivity index (χ0v) is 21.7. The van der Waals surface area contributed by atoms with Crippen molar-refractivity contribution in [2.75, 3.05) is 32.6 Å². The van der Waals surface area contributed by atoms with Crippen LogP contribution < -0.4 is 14.8 Å². The second-order valence-corrected chi connectivity index (χ2v) is 10.1.